The molecule has 134 valence electrons. The van der Waals surface area contributed by atoms with Gasteiger partial charge < -0.3 is 14.6 Å². The third-order valence-corrected chi connectivity index (χ3v) is 4.62. The number of benzene rings is 2. The maximum atomic E-state index is 12.4. The second-order valence-corrected chi connectivity index (χ2v) is 6.91. The zero-order valence-electron chi connectivity index (χ0n) is 14.9. The van der Waals surface area contributed by atoms with Crippen LogP contribution in [0.1, 0.15) is 27.2 Å². The Kier molecular flexibility index (Phi) is 5.76. The molecule has 0 aliphatic carbocycles. The second-order valence-electron chi connectivity index (χ2n) is 6.51. The first-order valence-electron chi connectivity index (χ1n) is 8.51. The lowest BCUT2D eigenvalue weighted by atomic mass is 10.1. The number of amides is 1. The van der Waals surface area contributed by atoms with Gasteiger partial charge in [0.1, 0.15) is 13.1 Å². The molecule has 1 unspecified atom stereocenters. The molecular formula is C21H22ClN2O2+. The van der Waals surface area contributed by atoms with Crippen molar-refractivity contribution in [2.45, 2.75) is 20.0 Å². The quantitative estimate of drug-likeness (QED) is 0.695. The van der Waals surface area contributed by atoms with Crippen molar-refractivity contribution in [3.8, 4) is 0 Å². The lowest BCUT2D eigenvalue weighted by Crippen LogP contribution is -3.06. The van der Waals surface area contributed by atoms with Gasteiger partial charge in [-0.25, -0.2) is 0 Å². The first-order chi connectivity index (χ1) is 12.5. The van der Waals surface area contributed by atoms with Gasteiger partial charge in [-0.3, -0.25) is 4.79 Å². The fraction of sp³-hybridized carbons (Fsp3) is 0.190. The zero-order chi connectivity index (χ0) is 18.5. The molecule has 3 rings (SSSR count). The summed E-state index contributed by atoms with van der Waals surface area (Å²) in [6.45, 7) is 3.60. The van der Waals surface area contributed by atoms with E-state index in [-0.39, 0.29) is 5.91 Å². The smallest absolute Gasteiger partial charge is 0.255 e. The molecule has 0 fully saturated rings. The molecule has 0 aliphatic heterocycles. The maximum Gasteiger partial charge on any atom is 0.255 e. The molecule has 2 N–H and O–H groups in total. The number of hydrogen-bond donors (Lipinski definition) is 2. The van der Waals surface area contributed by atoms with Crippen LogP contribution in [-0.2, 0) is 13.1 Å². The summed E-state index contributed by atoms with van der Waals surface area (Å²) >= 11 is 6.02. The van der Waals surface area contributed by atoms with E-state index in [2.05, 4.69) is 12.4 Å². The largest absolute Gasteiger partial charge is 0.463 e. The van der Waals surface area contributed by atoms with Gasteiger partial charge in [0.05, 0.1) is 13.3 Å². The number of hydrogen-bond acceptors (Lipinski definition) is 2. The normalized spacial score (nSPS) is 12.0. The number of carbonyl (C=O) groups is 1. The van der Waals surface area contributed by atoms with Crippen molar-refractivity contribution in [1.82, 2.24) is 0 Å². The number of halogens is 1. The Morgan fingerprint density at radius 2 is 1.88 bits per heavy atom. The van der Waals surface area contributed by atoms with Gasteiger partial charge in [0.2, 0.25) is 0 Å². The molecule has 1 amide bonds. The molecule has 0 bridgehead atoms. The van der Waals surface area contributed by atoms with Crippen LogP contribution in [0.4, 0.5) is 5.69 Å². The molecule has 1 atom stereocenters. The SMILES string of the molecule is Cc1cc(NC(=O)c2ccc(C[NH+](C)Cc3ccco3)cc2)ccc1Cl. The lowest BCUT2D eigenvalue weighted by molar-refractivity contribution is -0.908. The molecular weight excluding hydrogens is 348 g/mol. The third kappa shape index (κ3) is 4.75. The Morgan fingerprint density at radius 1 is 1.12 bits per heavy atom. The summed E-state index contributed by atoms with van der Waals surface area (Å²) in [6, 6.07) is 17.0. The van der Waals surface area contributed by atoms with Gasteiger partial charge in [0.25, 0.3) is 5.91 Å². The Hall–Kier alpha value is -2.56. The van der Waals surface area contributed by atoms with Crippen molar-refractivity contribution in [2.24, 2.45) is 0 Å². The number of carbonyl (C=O) groups excluding carboxylic acids is 1. The minimum atomic E-state index is -0.130. The summed E-state index contributed by atoms with van der Waals surface area (Å²) < 4.78 is 5.38. The van der Waals surface area contributed by atoms with Gasteiger partial charge in [-0.15, -0.1) is 0 Å². The second kappa shape index (κ2) is 8.21. The minimum absolute atomic E-state index is 0.130. The van der Waals surface area contributed by atoms with Crippen molar-refractivity contribution in [3.05, 3.63) is 88.3 Å². The fourth-order valence-corrected chi connectivity index (χ4v) is 2.94. The van der Waals surface area contributed by atoms with E-state index in [0.717, 1.165) is 30.1 Å². The summed E-state index contributed by atoms with van der Waals surface area (Å²) in [5.74, 6) is 0.839. The standard InChI is InChI=1S/C21H21ClN2O2/c1-15-12-18(9-10-20(15)22)23-21(25)17-7-5-16(6-8-17)13-24(2)14-19-4-3-11-26-19/h3-12H,13-14H2,1-2H3,(H,23,25)/p+1. The summed E-state index contributed by atoms with van der Waals surface area (Å²) in [5.41, 5.74) is 3.48. The molecule has 1 aromatic heterocycles. The van der Waals surface area contributed by atoms with Crippen molar-refractivity contribution in [3.63, 3.8) is 0 Å². The summed E-state index contributed by atoms with van der Waals surface area (Å²) in [4.78, 5) is 13.7. The van der Waals surface area contributed by atoms with Crippen LogP contribution in [-0.4, -0.2) is 13.0 Å². The average Bonchev–Trinajstić information content (AvgIpc) is 3.11. The van der Waals surface area contributed by atoms with E-state index in [4.69, 9.17) is 16.0 Å². The first-order valence-corrected chi connectivity index (χ1v) is 8.89. The molecule has 1 heterocycles. The molecule has 3 aromatic rings. The highest BCUT2D eigenvalue weighted by molar-refractivity contribution is 6.31. The van der Waals surface area contributed by atoms with Crippen LogP contribution >= 0.6 is 11.6 Å². The van der Waals surface area contributed by atoms with Crippen LogP contribution in [0.25, 0.3) is 0 Å². The van der Waals surface area contributed by atoms with Gasteiger partial charge in [0, 0.05) is 21.8 Å². The molecule has 4 nitrogen and oxygen atoms in total. The number of furan rings is 1. The topological polar surface area (TPSA) is 46.7 Å². The zero-order valence-corrected chi connectivity index (χ0v) is 15.6. The number of anilines is 1. The van der Waals surface area contributed by atoms with Gasteiger partial charge >= 0.3 is 0 Å². The Morgan fingerprint density at radius 3 is 2.54 bits per heavy atom. The monoisotopic (exact) mass is 369 g/mol. The van der Waals surface area contributed by atoms with Crippen LogP contribution in [0, 0.1) is 6.92 Å². The minimum Gasteiger partial charge on any atom is -0.463 e. The molecule has 0 spiro atoms. The van der Waals surface area contributed by atoms with E-state index >= 15 is 0 Å². The van der Waals surface area contributed by atoms with E-state index in [0.29, 0.717) is 10.6 Å². The first kappa shape index (κ1) is 18.2. The molecule has 0 saturated heterocycles. The van der Waals surface area contributed by atoms with Crippen LogP contribution in [0.15, 0.2) is 65.3 Å². The maximum absolute atomic E-state index is 12.4. The van der Waals surface area contributed by atoms with Crippen molar-refractivity contribution >= 4 is 23.2 Å². The Labute approximate surface area is 158 Å². The Balaban J connectivity index is 1.59. The number of aryl methyl sites for hydroxylation is 1. The van der Waals surface area contributed by atoms with E-state index in [1.54, 1.807) is 18.4 Å². The number of quaternary nitrogens is 1. The summed E-state index contributed by atoms with van der Waals surface area (Å²) in [6.07, 6.45) is 1.69. The molecule has 0 saturated carbocycles. The summed E-state index contributed by atoms with van der Waals surface area (Å²) in [5, 5.41) is 3.59. The van der Waals surface area contributed by atoms with Gasteiger partial charge in [-0.1, -0.05) is 23.7 Å². The van der Waals surface area contributed by atoms with E-state index < -0.39 is 0 Å². The highest BCUT2D eigenvalue weighted by Gasteiger charge is 2.10. The highest BCUT2D eigenvalue weighted by atomic mass is 35.5. The van der Waals surface area contributed by atoms with Gasteiger partial charge in [-0.05, 0) is 55.0 Å². The highest BCUT2D eigenvalue weighted by Crippen LogP contribution is 2.20. The third-order valence-electron chi connectivity index (χ3n) is 4.19. The Bertz CT molecular complexity index is 874. The molecule has 0 radical (unpaired) electrons. The van der Waals surface area contributed by atoms with Crippen LogP contribution in [0.5, 0.6) is 0 Å². The average molecular weight is 370 g/mol. The van der Waals surface area contributed by atoms with Crippen molar-refractivity contribution in [1.29, 1.82) is 0 Å². The van der Waals surface area contributed by atoms with Gasteiger partial charge in [0.15, 0.2) is 5.76 Å². The molecule has 5 heteroatoms. The van der Waals surface area contributed by atoms with E-state index in [1.807, 2.05) is 49.4 Å². The fourth-order valence-electron chi connectivity index (χ4n) is 2.82. The van der Waals surface area contributed by atoms with Gasteiger partial charge in [-0.2, -0.15) is 0 Å². The molecule has 0 aliphatic rings. The molecule has 2 aromatic carbocycles. The predicted octanol–water partition coefficient (Wildman–Crippen LogP) is 3.71. The number of rotatable bonds is 6. The van der Waals surface area contributed by atoms with Crippen LogP contribution in [0.2, 0.25) is 5.02 Å². The lowest BCUT2D eigenvalue weighted by Gasteiger charge is -2.13. The van der Waals surface area contributed by atoms with E-state index in [1.165, 1.54) is 10.5 Å². The van der Waals surface area contributed by atoms with Crippen LogP contribution < -0.4 is 10.2 Å². The van der Waals surface area contributed by atoms with Crippen molar-refractivity contribution in [2.75, 3.05) is 12.4 Å². The number of nitrogens with one attached hydrogen (secondary N) is 2. The molecule has 26 heavy (non-hydrogen) atoms. The van der Waals surface area contributed by atoms with Crippen LogP contribution in [0.3, 0.4) is 0 Å². The summed E-state index contributed by atoms with van der Waals surface area (Å²) in [7, 11) is 2.12. The van der Waals surface area contributed by atoms with E-state index in [9.17, 15) is 4.79 Å². The van der Waals surface area contributed by atoms with Crippen molar-refractivity contribution < 1.29 is 14.1 Å². The predicted molar refractivity (Wildman–Crippen MR) is 104 cm³/mol.